The molecule has 0 saturated carbocycles. The van der Waals surface area contributed by atoms with Crippen LogP contribution in [0.25, 0.3) is 6.08 Å². The Hall–Kier alpha value is -3.84. The molecule has 2 aromatic carbocycles. The number of phenolic OH excluding ortho intramolecular Hbond substituents is 1. The maximum atomic E-state index is 13.1. The number of aromatic hydroxyl groups is 1. The summed E-state index contributed by atoms with van der Waals surface area (Å²) in [4.78, 5) is 27.7. The molecular weight excluding hydrogens is 444 g/mol. The van der Waals surface area contributed by atoms with E-state index in [2.05, 4.69) is 4.90 Å². The number of piperidine rings is 1. The Labute approximate surface area is 202 Å². The minimum Gasteiger partial charge on any atom is -0.507 e. The highest BCUT2D eigenvalue weighted by Gasteiger charge is 2.36. The Balaban J connectivity index is 1.27. The van der Waals surface area contributed by atoms with Gasteiger partial charge in [-0.05, 0) is 54.3 Å². The van der Waals surface area contributed by atoms with Crippen molar-refractivity contribution in [1.82, 2.24) is 9.47 Å². The van der Waals surface area contributed by atoms with Gasteiger partial charge in [0.25, 0.3) is 5.56 Å². The highest BCUT2D eigenvalue weighted by Crippen LogP contribution is 2.42. The maximum absolute atomic E-state index is 13.1. The molecule has 0 unspecified atom stereocenters. The molecule has 6 rings (SSSR count). The lowest BCUT2D eigenvalue weighted by Crippen LogP contribution is -2.46. The van der Waals surface area contributed by atoms with E-state index < -0.39 is 0 Å². The van der Waals surface area contributed by atoms with Gasteiger partial charge in [0.1, 0.15) is 17.2 Å². The van der Waals surface area contributed by atoms with E-state index in [0.29, 0.717) is 35.9 Å². The molecule has 1 N–H and O–H groups in total. The van der Waals surface area contributed by atoms with Crippen molar-refractivity contribution in [3.05, 3.63) is 93.1 Å². The summed E-state index contributed by atoms with van der Waals surface area (Å²) in [6.07, 6.45) is 2.77. The van der Waals surface area contributed by atoms with E-state index in [9.17, 15) is 14.7 Å². The number of carbonyl (C=O) groups excluding carboxylic acids is 1. The third-order valence-electron chi connectivity index (χ3n) is 7.27. The molecule has 3 aliphatic heterocycles. The molecule has 2 atom stereocenters. The number of ketones is 1. The van der Waals surface area contributed by atoms with Crippen LogP contribution < -0.4 is 15.0 Å². The number of rotatable bonds is 4. The standard InChI is InChI=1S/C28H26N2O5/c1-34-20-7-5-17(6-8-20)12-25-27(33)21-9-10-24(31)22(28(21)35-25)16-29-13-18-11-19(15-29)23-3-2-4-26(32)30(23)14-18/h2-10,12,18-19,31H,11,13-16H2,1H3/b25-12-/t18-,19+/m1/s1. The average molecular weight is 471 g/mol. The Kier molecular flexibility index (Phi) is 5.22. The van der Waals surface area contributed by atoms with Crippen LogP contribution in [0.15, 0.2) is 65.2 Å². The monoisotopic (exact) mass is 470 g/mol. The summed E-state index contributed by atoms with van der Waals surface area (Å²) in [6, 6.07) is 16.1. The van der Waals surface area contributed by atoms with Crippen molar-refractivity contribution in [1.29, 1.82) is 0 Å². The zero-order valence-corrected chi connectivity index (χ0v) is 19.4. The molecule has 0 amide bonds. The maximum Gasteiger partial charge on any atom is 0.250 e. The van der Waals surface area contributed by atoms with Crippen LogP contribution in [0.1, 0.15) is 39.5 Å². The molecule has 3 aromatic rings. The SMILES string of the molecule is COc1ccc(/C=C2\Oc3c(ccc(O)c3CN3C[C@H]4C[C@@H](C3)c3cccc(=O)n3C4)C2=O)cc1. The summed E-state index contributed by atoms with van der Waals surface area (Å²) in [5.41, 5.74) is 3.06. The van der Waals surface area contributed by atoms with Gasteiger partial charge in [-0.15, -0.1) is 0 Å². The number of methoxy groups -OCH3 is 1. The van der Waals surface area contributed by atoms with Gasteiger partial charge in [0.2, 0.25) is 5.78 Å². The molecular formula is C28H26N2O5. The fraction of sp³-hybridized carbons (Fsp3) is 0.286. The van der Waals surface area contributed by atoms with Crippen molar-refractivity contribution in [2.75, 3.05) is 20.2 Å². The van der Waals surface area contributed by atoms with Gasteiger partial charge in [0, 0.05) is 43.9 Å². The molecule has 178 valence electrons. The quantitative estimate of drug-likeness (QED) is 0.585. The van der Waals surface area contributed by atoms with E-state index in [1.54, 1.807) is 31.4 Å². The second-order valence-corrected chi connectivity index (χ2v) is 9.55. The van der Waals surface area contributed by atoms with Crippen LogP contribution in [0, 0.1) is 5.92 Å². The van der Waals surface area contributed by atoms with Gasteiger partial charge in [-0.25, -0.2) is 0 Å². The largest absolute Gasteiger partial charge is 0.507 e. The number of Topliss-reactive ketones (excluding diaryl/α,β-unsaturated/α-hetero) is 1. The Morgan fingerprint density at radius 1 is 1.06 bits per heavy atom. The van der Waals surface area contributed by atoms with Crippen molar-refractivity contribution < 1.29 is 19.4 Å². The van der Waals surface area contributed by atoms with Gasteiger partial charge >= 0.3 is 0 Å². The Bertz CT molecular complexity index is 1410. The van der Waals surface area contributed by atoms with Crippen molar-refractivity contribution in [2.45, 2.75) is 25.4 Å². The molecule has 1 saturated heterocycles. The molecule has 0 radical (unpaired) electrons. The Morgan fingerprint density at radius 2 is 1.89 bits per heavy atom. The molecule has 3 aliphatic rings. The number of aromatic nitrogens is 1. The second-order valence-electron chi connectivity index (χ2n) is 9.55. The summed E-state index contributed by atoms with van der Waals surface area (Å²) in [5, 5.41) is 10.7. The first-order valence-electron chi connectivity index (χ1n) is 11.9. The average Bonchev–Trinajstić information content (AvgIpc) is 3.17. The van der Waals surface area contributed by atoms with Crippen molar-refractivity contribution in [3.63, 3.8) is 0 Å². The number of benzene rings is 2. The van der Waals surface area contributed by atoms with Crippen LogP contribution >= 0.6 is 0 Å². The van der Waals surface area contributed by atoms with Crippen molar-refractivity contribution >= 4 is 11.9 Å². The van der Waals surface area contributed by atoms with Gasteiger partial charge in [-0.3, -0.25) is 14.5 Å². The first kappa shape index (κ1) is 21.7. The number of likely N-dealkylation sites (tertiary alicyclic amines) is 1. The number of allylic oxidation sites excluding steroid dienone is 1. The van der Waals surface area contributed by atoms with Gasteiger partial charge < -0.3 is 19.1 Å². The van der Waals surface area contributed by atoms with Crippen LogP contribution in [-0.4, -0.2) is 40.6 Å². The first-order chi connectivity index (χ1) is 17.0. The lowest BCUT2D eigenvalue weighted by atomic mass is 9.83. The number of nitrogens with zero attached hydrogens (tertiary/aromatic N) is 2. The van der Waals surface area contributed by atoms with E-state index in [1.165, 1.54) is 0 Å². The predicted molar refractivity (Wildman–Crippen MR) is 131 cm³/mol. The molecule has 2 bridgehead atoms. The minimum atomic E-state index is -0.194. The molecule has 0 aliphatic carbocycles. The molecule has 0 spiro atoms. The van der Waals surface area contributed by atoms with Crippen molar-refractivity contribution in [2.24, 2.45) is 5.92 Å². The van der Waals surface area contributed by atoms with E-state index in [-0.39, 0.29) is 28.8 Å². The number of fused-ring (bicyclic) bond motifs is 5. The molecule has 1 aromatic heterocycles. The number of pyridine rings is 1. The number of hydrogen-bond acceptors (Lipinski definition) is 6. The van der Waals surface area contributed by atoms with Crippen LogP contribution in [0.3, 0.4) is 0 Å². The number of ether oxygens (including phenoxy) is 2. The fourth-order valence-electron chi connectivity index (χ4n) is 5.65. The van der Waals surface area contributed by atoms with Gasteiger partial charge in [0.05, 0.1) is 18.2 Å². The summed E-state index contributed by atoms with van der Waals surface area (Å²) >= 11 is 0. The lowest BCUT2D eigenvalue weighted by Gasteiger charge is -2.42. The lowest BCUT2D eigenvalue weighted by molar-refractivity contribution is 0.101. The van der Waals surface area contributed by atoms with Gasteiger partial charge in [0.15, 0.2) is 5.76 Å². The zero-order chi connectivity index (χ0) is 24.1. The fourth-order valence-corrected chi connectivity index (χ4v) is 5.65. The van der Waals surface area contributed by atoms with Crippen LogP contribution in [-0.2, 0) is 13.1 Å². The molecule has 1 fully saturated rings. The smallest absolute Gasteiger partial charge is 0.250 e. The second kappa shape index (κ2) is 8.43. The van der Waals surface area contributed by atoms with Gasteiger partial charge in [-0.1, -0.05) is 18.2 Å². The van der Waals surface area contributed by atoms with Crippen LogP contribution in [0.2, 0.25) is 0 Å². The highest BCUT2D eigenvalue weighted by atomic mass is 16.5. The van der Waals surface area contributed by atoms with E-state index in [4.69, 9.17) is 9.47 Å². The summed E-state index contributed by atoms with van der Waals surface area (Å²) in [5.74, 6) is 1.97. The van der Waals surface area contributed by atoms with Gasteiger partial charge in [-0.2, -0.15) is 0 Å². The number of carbonyl (C=O) groups is 1. The minimum absolute atomic E-state index is 0.0623. The van der Waals surface area contributed by atoms with Crippen molar-refractivity contribution in [3.8, 4) is 17.2 Å². The summed E-state index contributed by atoms with van der Waals surface area (Å²) < 4.78 is 13.2. The normalized spacial score (nSPS) is 22.0. The molecule has 35 heavy (non-hydrogen) atoms. The number of phenols is 1. The zero-order valence-electron chi connectivity index (χ0n) is 19.4. The Morgan fingerprint density at radius 3 is 2.69 bits per heavy atom. The topological polar surface area (TPSA) is 81.0 Å². The van der Waals surface area contributed by atoms with Crippen LogP contribution in [0.5, 0.6) is 17.2 Å². The molecule has 7 heteroatoms. The predicted octanol–water partition coefficient (Wildman–Crippen LogP) is 3.80. The summed E-state index contributed by atoms with van der Waals surface area (Å²) in [7, 11) is 1.61. The molecule has 4 heterocycles. The highest BCUT2D eigenvalue weighted by molar-refractivity contribution is 6.15. The van der Waals surface area contributed by atoms with Crippen LogP contribution in [0.4, 0.5) is 0 Å². The van der Waals surface area contributed by atoms with E-state index in [0.717, 1.165) is 36.5 Å². The number of hydrogen-bond donors (Lipinski definition) is 1. The van der Waals surface area contributed by atoms with E-state index in [1.807, 2.05) is 41.0 Å². The van der Waals surface area contributed by atoms with E-state index >= 15 is 0 Å². The third kappa shape index (κ3) is 3.82. The summed E-state index contributed by atoms with van der Waals surface area (Å²) in [6.45, 7) is 2.79. The first-order valence-corrected chi connectivity index (χ1v) is 11.9. The third-order valence-corrected chi connectivity index (χ3v) is 7.27. The molecule has 7 nitrogen and oxygen atoms in total.